The Bertz CT molecular complexity index is 1560. The van der Waals surface area contributed by atoms with Gasteiger partial charge in [0.05, 0.1) is 33.5 Å². The van der Waals surface area contributed by atoms with Gasteiger partial charge in [0, 0.05) is 24.8 Å². The number of hydrogen-bond donors (Lipinski definition) is 2. The van der Waals surface area contributed by atoms with E-state index in [2.05, 4.69) is 20.6 Å². The second-order valence-corrected chi connectivity index (χ2v) is 10.9. The third kappa shape index (κ3) is 5.86. The van der Waals surface area contributed by atoms with Gasteiger partial charge in [0.2, 0.25) is 0 Å². The molecule has 3 aromatic heterocycles. The number of carbonyl (C=O) groups is 1. The van der Waals surface area contributed by atoms with Crippen molar-refractivity contribution in [2.24, 2.45) is 5.92 Å². The Morgan fingerprint density at radius 2 is 1.77 bits per heavy atom. The normalized spacial score (nSPS) is 17.5. The van der Waals surface area contributed by atoms with E-state index in [1.807, 2.05) is 54.8 Å². The smallest absolute Gasteiger partial charge is 0.333 e. The summed E-state index contributed by atoms with van der Waals surface area (Å²) in [6.45, 7) is 4.62. The molecule has 1 saturated carbocycles. The van der Waals surface area contributed by atoms with Gasteiger partial charge in [0.1, 0.15) is 11.5 Å². The summed E-state index contributed by atoms with van der Waals surface area (Å²) in [6, 6.07) is 12.8. The van der Waals surface area contributed by atoms with E-state index in [4.69, 9.17) is 11.6 Å². The van der Waals surface area contributed by atoms with Crippen molar-refractivity contribution >= 4 is 34.4 Å². The first kappa shape index (κ1) is 27.8. The van der Waals surface area contributed by atoms with Crippen LogP contribution in [0.5, 0.6) is 0 Å². The number of fused-ring (bicyclic) bond motifs is 1. The monoisotopic (exact) mass is 568 g/mol. The summed E-state index contributed by atoms with van der Waals surface area (Å²) in [7, 11) is 0. The fraction of sp³-hybridized carbons (Fsp3) is 0.379. The fourth-order valence-corrected chi connectivity index (χ4v) is 5.51. The lowest BCUT2D eigenvalue weighted by Crippen LogP contribution is -2.39. The van der Waals surface area contributed by atoms with Crippen LogP contribution in [-0.2, 0) is 6.54 Å². The molecule has 1 amide bonds. The fourth-order valence-electron chi connectivity index (χ4n) is 5.35. The van der Waals surface area contributed by atoms with E-state index >= 15 is 0 Å². The number of imidazole rings is 1. The summed E-state index contributed by atoms with van der Waals surface area (Å²) in [5.74, 6) is 0.373. The molecule has 40 heavy (non-hydrogen) atoms. The molecule has 4 aromatic rings. The molecule has 1 aliphatic rings. The van der Waals surface area contributed by atoms with E-state index in [0.717, 1.165) is 35.9 Å². The third-order valence-electron chi connectivity index (χ3n) is 7.24. The van der Waals surface area contributed by atoms with Crippen LogP contribution in [-0.4, -0.2) is 37.1 Å². The molecule has 0 radical (unpaired) electrons. The summed E-state index contributed by atoms with van der Waals surface area (Å²) in [6.07, 6.45) is 2.85. The number of halogens is 3. The average Bonchev–Trinajstić information content (AvgIpc) is 3.20. The first-order valence-corrected chi connectivity index (χ1v) is 13.8. The maximum absolute atomic E-state index is 13.7. The van der Waals surface area contributed by atoms with Crippen molar-refractivity contribution in [3.63, 3.8) is 0 Å². The average molecular weight is 569 g/mol. The summed E-state index contributed by atoms with van der Waals surface area (Å²) >= 11 is 5.90. The first-order chi connectivity index (χ1) is 19.2. The van der Waals surface area contributed by atoms with Gasteiger partial charge >= 0.3 is 5.69 Å². The Morgan fingerprint density at radius 1 is 1.05 bits per heavy atom. The molecule has 0 unspecified atom stereocenters. The Kier molecular flexibility index (Phi) is 8.16. The lowest BCUT2D eigenvalue weighted by molar-refractivity contribution is 0.0904. The second-order valence-electron chi connectivity index (χ2n) is 10.5. The molecule has 8 nitrogen and oxygen atoms in total. The Hall–Kier alpha value is -3.79. The predicted molar refractivity (Wildman–Crippen MR) is 152 cm³/mol. The minimum Gasteiger partial charge on any atom is -0.368 e. The number of amides is 1. The van der Waals surface area contributed by atoms with E-state index < -0.39 is 18.0 Å². The first-order valence-electron chi connectivity index (χ1n) is 13.4. The molecule has 0 atom stereocenters. The molecule has 3 heterocycles. The van der Waals surface area contributed by atoms with Gasteiger partial charge in [-0.1, -0.05) is 23.7 Å². The Labute approximate surface area is 235 Å². The molecule has 1 fully saturated rings. The highest BCUT2D eigenvalue weighted by Gasteiger charge is 2.27. The Morgan fingerprint density at radius 3 is 2.42 bits per heavy atom. The minimum absolute atomic E-state index is 0.127. The van der Waals surface area contributed by atoms with E-state index in [0.29, 0.717) is 25.1 Å². The van der Waals surface area contributed by atoms with Gasteiger partial charge in [-0.05, 0) is 75.8 Å². The predicted octanol–water partition coefficient (Wildman–Crippen LogP) is 5.98. The molecular weight excluding hydrogens is 538 g/mol. The minimum atomic E-state index is -2.88. The van der Waals surface area contributed by atoms with Gasteiger partial charge in [0.25, 0.3) is 12.3 Å². The quantitative estimate of drug-likeness (QED) is 0.273. The van der Waals surface area contributed by atoms with Gasteiger partial charge in [-0.15, -0.1) is 0 Å². The highest BCUT2D eigenvalue weighted by molar-refractivity contribution is 6.30. The van der Waals surface area contributed by atoms with E-state index in [1.54, 1.807) is 10.8 Å². The molecule has 0 aliphatic heterocycles. The van der Waals surface area contributed by atoms with Gasteiger partial charge in [-0.3, -0.25) is 18.9 Å². The topological polar surface area (TPSA) is 93.8 Å². The number of rotatable bonds is 8. The third-order valence-corrected chi connectivity index (χ3v) is 7.44. The molecule has 1 aromatic carbocycles. The van der Waals surface area contributed by atoms with Crippen LogP contribution in [0.2, 0.25) is 5.02 Å². The molecule has 0 bridgehead atoms. The summed E-state index contributed by atoms with van der Waals surface area (Å²) < 4.78 is 30.2. The van der Waals surface area contributed by atoms with Crippen LogP contribution in [0.3, 0.4) is 0 Å². The van der Waals surface area contributed by atoms with Crippen LogP contribution in [0, 0.1) is 5.92 Å². The molecule has 11 heteroatoms. The number of benzene rings is 1. The maximum atomic E-state index is 13.7. The van der Waals surface area contributed by atoms with Crippen LogP contribution < -0.4 is 16.3 Å². The van der Waals surface area contributed by atoms with Gasteiger partial charge < -0.3 is 10.6 Å². The highest BCUT2D eigenvalue weighted by atomic mass is 35.5. The van der Waals surface area contributed by atoms with Gasteiger partial charge in [-0.2, -0.15) is 0 Å². The zero-order valence-corrected chi connectivity index (χ0v) is 23.0. The summed E-state index contributed by atoms with van der Waals surface area (Å²) in [5.41, 5.74) is 1.44. The van der Waals surface area contributed by atoms with E-state index in [9.17, 15) is 18.4 Å². The molecule has 2 N–H and O–H groups in total. The van der Waals surface area contributed by atoms with Gasteiger partial charge in [-0.25, -0.2) is 18.6 Å². The largest absolute Gasteiger partial charge is 0.368 e. The van der Waals surface area contributed by atoms with Crippen LogP contribution in [0.1, 0.15) is 62.0 Å². The lowest BCUT2D eigenvalue weighted by atomic mass is 9.85. The van der Waals surface area contributed by atoms with Crippen molar-refractivity contribution < 1.29 is 13.6 Å². The van der Waals surface area contributed by atoms with E-state index in [-0.39, 0.29) is 34.3 Å². The number of para-hydroxylation sites is 2. The second kappa shape index (κ2) is 11.8. The number of nitrogens with one attached hydrogen (secondary N) is 2. The van der Waals surface area contributed by atoms with Crippen molar-refractivity contribution in [3.05, 3.63) is 81.6 Å². The number of nitrogens with zero attached hydrogens (tertiary/aromatic N) is 4. The molecular formula is C29H31ClF2N6O2. The van der Waals surface area contributed by atoms with Crippen LogP contribution >= 0.6 is 11.6 Å². The van der Waals surface area contributed by atoms with Crippen molar-refractivity contribution in [2.45, 2.75) is 64.6 Å². The van der Waals surface area contributed by atoms with Crippen LogP contribution in [0.15, 0.2) is 59.7 Å². The molecule has 5 rings (SSSR count). The van der Waals surface area contributed by atoms with Gasteiger partial charge in [0.15, 0.2) is 0 Å². The number of carbonyl (C=O) groups excluding carboxylic acids is 1. The van der Waals surface area contributed by atoms with Crippen molar-refractivity contribution in [2.75, 3.05) is 5.32 Å². The zero-order valence-electron chi connectivity index (χ0n) is 22.3. The van der Waals surface area contributed by atoms with Crippen LogP contribution in [0.4, 0.5) is 14.6 Å². The lowest BCUT2D eigenvalue weighted by Gasteiger charge is -2.29. The molecule has 210 valence electrons. The number of alkyl halides is 2. The number of pyridine rings is 2. The van der Waals surface area contributed by atoms with E-state index in [1.165, 1.54) is 6.07 Å². The highest BCUT2D eigenvalue weighted by Crippen LogP contribution is 2.29. The number of anilines is 1. The maximum Gasteiger partial charge on any atom is 0.333 e. The molecule has 0 saturated heterocycles. The number of aromatic nitrogens is 4. The summed E-state index contributed by atoms with van der Waals surface area (Å²) in [5, 5.41) is 6.25. The zero-order chi connectivity index (χ0) is 28.4. The molecule has 1 aliphatic carbocycles. The van der Waals surface area contributed by atoms with Crippen LogP contribution in [0.25, 0.3) is 16.7 Å². The van der Waals surface area contributed by atoms with Crippen molar-refractivity contribution in [1.29, 1.82) is 0 Å². The Balaban J connectivity index is 1.29. The SMILES string of the molecule is CC(C)Nc1ccc(-n2c(=O)n(CC3CCC(NC(=O)c4cc(Cl)cnc4C(F)F)CC3)c3ccccc32)cn1. The molecule has 0 spiro atoms. The summed E-state index contributed by atoms with van der Waals surface area (Å²) in [4.78, 5) is 34.5. The number of hydrogen-bond acceptors (Lipinski definition) is 5. The van der Waals surface area contributed by atoms with Crippen molar-refractivity contribution in [1.82, 2.24) is 24.4 Å². The standard InChI is InChI=1S/C29H31ClF2N6O2/c1-17(2)35-25-12-11-21(15-33-25)38-24-6-4-3-5-23(24)37(29(38)40)16-18-7-9-20(10-8-18)36-28(39)22-13-19(30)14-34-26(22)27(31)32/h3-6,11-15,17-18,20,27H,7-10,16H2,1-2H3,(H,33,35)(H,36,39). The van der Waals surface area contributed by atoms with Crippen molar-refractivity contribution in [3.8, 4) is 5.69 Å².